The van der Waals surface area contributed by atoms with Crippen molar-refractivity contribution in [2.24, 2.45) is 28.1 Å². The zero-order valence-electron chi connectivity index (χ0n) is 10.9. The third-order valence-corrected chi connectivity index (χ3v) is 6.25. The van der Waals surface area contributed by atoms with E-state index in [9.17, 15) is 0 Å². The Morgan fingerprint density at radius 3 is 2.20 bits per heavy atom. The summed E-state index contributed by atoms with van der Waals surface area (Å²) < 4.78 is 0. The van der Waals surface area contributed by atoms with Crippen LogP contribution in [0.1, 0.15) is 66.2 Å². The maximum atomic E-state index is 2.59. The van der Waals surface area contributed by atoms with E-state index < -0.39 is 0 Å². The van der Waals surface area contributed by atoms with Crippen molar-refractivity contribution in [2.45, 2.75) is 66.2 Å². The molecule has 15 heavy (non-hydrogen) atoms. The predicted molar refractivity (Wildman–Crippen MR) is 64.7 cm³/mol. The molecule has 3 saturated carbocycles. The fraction of sp³-hybridized carbons (Fsp3) is 1.00. The summed E-state index contributed by atoms with van der Waals surface area (Å²) in [5.41, 5.74) is 2.08. The van der Waals surface area contributed by atoms with Crippen molar-refractivity contribution in [1.82, 2.24) is 0 Å². The van der Waals surface area contributed by atoms with E-state index in [2.05, 4.69) is 27.7 Å². The van der Waals surface area contributed by atoms with Crippen molar-refractivity contribution in [3.8, 4) is 0 Å². The highest BCUT2D eigenvalue weighted by molar-refractivity contribution is 5.14. The molecule has 3 fully saturated rings. The average molecular weight is 206 g/mol. The first-order valence-corrected chi connectivity index (χ1v) is 6.88. The summed E-state index contributed by atoms with van der Waals surface area (Å²) in [7, 11) is 0. The molecule has 3 aliphatic carbocycles. The second kappa shape index (κ2) is 2.63. The van der Waals surface area contributed by atoms with Crippen LogP contribution in [0.15, 0.2) is 0 Å². The SMILES string of the molecule is CC1(C)CCCC2(C)CCC3(C)CC3C12. The van der Waals surface area contributed by atoms with Crippen LogP contribution >= 0.6 is 0 Å². The highest BCUT2D eigenvalue weighted by Crippen LogP contribution is 2.73. The number of hydrogen-bond acceptors (Lipinski definition) is 0. The van der Waals surface area contributed by atoms with Crippen molar-refractivity contribution in [2.75, 3.05) is 0 Å². The highest BCUT2D eigenvalue weighted by atomic mass is 14.7. The van der Waals surface area contributed by atoms with Crippen molar-refractivity contribution in [1.29, 1.82) is 0 Å². The third kappa shape index (κ3) is 1.26. The Hall–Kier alpha value is 0. The molecule has 3 aliphatic rings. The minimum Gasteiger partial charge on any atom is -0.0596 e. The Balaban J connectivity index is 1.96. The molecule has 0 heteroatoms. The van der Waals surface area contributed by atoms with Crippen molar-refractivity contribution >= 4 is 0 Å². The van der Waals surface area contributed by atoms with E-state index in [4.69, 9.17) is 0 Å². The first-order chi connectivity index (χ1) is 6.88. The molecule has 0 aromatic rings. The minimum absolute atomic E-state index is 0.621. The van der Waals surface area contributed by atoms with Gasteiger partial charge in [0.25, 0.3) is 0 Å². The van der Waals surface area contributed by atoms with Gasteiger partial charge in [0.2, 0.25) is 0 Å². The molecule has 0 aromatic carbocycles. The molecule has 0 spiro atoms. The molecule has 0 amide bonds. The summed E-state index contributed by atoms with van der Waals surface area (Å²) in [4.78, 5) is 0. The molecular weight excluding hydrogens is 180 g/mol. The van der Waals surface area contributed by atoms with Gasteiger partial charge in [0.1, 0.15) is 0 Å². The van der Waals surface area contributed by atoms with E-state index in [-0.39, 0.29) is 0 Å². The topological polar surface area (TPSA) is 0 Å². The van der Waals surface area contributed by atoms with Crippen LogP contribution in [0.3, 0.4) is 0 Å². The Bertz CT molecular complexity index is 290. The molecule has 0 radical (unpaired) electrons. The van der Waals surface area contributed by atoms with E-state index in [0.29, 0.717) is 10.8 Å². The van der Waals surface area contributed by atoms with Crippen LogP contribution in [0.2, 0.25) is 0 Å². The Labute approximate surface area is 94.8 Å². The largest absolute Gasteiger partial charge is 0.0596 e. The molecule has 3 rings (SSSR count). The fourth-order valence-corrected chi connectivity index (χ4v) is 5.34. The third-order valence-electron chi connectivity index (χ3n) is 6.25. The van der Waals surface area contributed by atoms with Gasteiger partial charge in [0, 0.05) is 0 Å². The van der Waals surface area contributed by atoms with Gasteiger partial charge >= 0.3 is 0 Å². The molecule has 0 aromatic heterocycles. The predicted octanol–water partition coefficient (Wildman–Crippen LogP) is 4.64. The van der Waals surface area contributed by atoms with Gasteiger partial charge in [-0.2, -0.15) is 0 Å². The number of rotatable bonds is 0. The zero-order chi connectivity index (χ0) is 10.9. The molecule has 0 bridgehead atoms. The van der Waals surface area contributed by atoms with Gasteiger partial charge in [0.05, 0.1) is 0 Å². The first-order valence-electron chi connectivity index (χ1n) is 6.88. The molecule has 4 atom stereocenters. The molecular formula is C15H26. The lowest BCUT2D eigenvalue weighted by Crippen LogP contribution is -2.46. The van der Waals surface area contributed by atoms with E-state index in [1.807, 2.05) is 0 Å². The summed E-state index contributed by atoms with van der Waals surface area (Å²) in [6, 6.07) is 0. The maximum absolute atomic E-state index is 2.59. The van der Waals surface area contributed by atoms with Crippen LogP contribution in [0.4, 0.5) is 0 Å². The molecule has 0 heterocycles. The lowest BCUT2D eigenvalue weighted by Gasteiger charge is -2.55. The van der Waals surface area contributed by atoms with E-state index >= 15 is 0 Å². The fourth-order valence-electron chi connectivity index (χ4n) is 5.34. The number of fused-ring (bicyclic) bond motifs is 3. The quantitative estimate of drug-likeness (QED) is 0.541. The summed E-state index contributed by atoms with van der Waals surface area (Å²) >= 11 is 0. The summed E-state index contributed by atoms with van der Waals surface area (Å²) in [5.74, 6) is 2.10. The monoisotopic (exact) mass is 206 g/mol. The van der Waals surface area contributed by atoms with Gasteiger partial charge in [-0.25, -0.2) is 0 Å². The maximum Gasteiger partial charge on any atom is -0.0275 e. The van der Waals surface area contributed by atoms with Crippen LogP contribution in [-0.4, -0.2) is 0 Å². The molecule has 0 saturated heterocycles. The second-order valence-electron chi connectivity index (χ2n) is 7.94. The van der Waals surface area contributed by atoms with Crippen LogP contribution in [0, 0.1) is 28.1 Å². The van der Waals surface area contributed by atoms with Gasteiger partial charge in [-0.05, 0) is 60.2 Å². The van der Waals surface area contributed by atoms with Crippen LogP contribution in [0.5, 0.6) is 0 Å². The van der Waals surface area contributed by atoms with Crippen LogP contribution in [-0.2, 0) is 0 Å². The Kier molecular flexibility index (Phi) is 1.78. The molecule has 0 nitrogen and oxygen atoms in total. The van der Waals surface area contributed by atoms with Gasteiger partial charge < -0.3 is 0 Å². The lowest BCUT2D eigenvalue weighted by molar-refractivity contribution is -0.0529. The van der Waals surface area contributed by atoms with Crippen molar-refractivity contribution in [3.05, 3.63) is 0 Å². The standard InChI is InChI=1S/C15H26/c1-13(2)6-5-7-14(3)8-9-15(4)10-11(15)12(13)14/h11-12H,5-10H2,1-4H3. The van der Waals surface area contributed by atoms with Crippen LogP contribution in [0.25, 0.3) is 0 Å². The first kappa shape index (κ1) is 10.2. The summed E-state index contributed by atoms with van der Waals surface area (Å²) in [6.07, 6.45) is 9.02. The Morgan fingerprint density at radius 1 is 0.800 bits per heavy atom. The highest BCUT2D eigenvalue weighted by Gasteiger charge is 2.65. The average Bonchev–Trinajstić information content (AvgIpc) is 2.75. The Morgan fingerprint density at radius 2 is 1.47 bits per heavy atom. The van der Waals surface area contributed by atoms with Crippen molar-refractivity contribution < 1.29 is 0 Å². The van der Waals surface area contributed by atoms with Gasteiger partial charge in [-0.3, -0.25) is 0 Å². The van der Waals surface area contributed by atoms with E-state index in [1.165, 1.54) is 38.5 Å². The van der Waals surface area contributed by atoms with Crippen molar-refractivity contribution in [3.63, 3.8) is 0 Å². The number of hydrogen-bond donors (Lipinski definition) is 0. The summed E-state index contributed by atoms with van der Waals surface area (Å²) in [5, 5.41) is 0. The van der Waals surface area contributed by atoms with E-state index in [1.54, 1.807) is 0 Å². The summed E-state index contributed by atoms with van der Waals surface area (Å²) in [6.45, 7) is 10.2. The minimum atomic E-state index is 0.621. The van der Waals surface area contributed by atoms with Gasteiger partial charge in [-0.15, -0.1) is 0 Å². The van der Waals surface area contributed by atoms with Crippen LogP contribution < -0.4 is 0 Å². The lowest BCUT2D eigenvalue weighted by atomic mass is 9.50. The zero-order valence-corrected chi connectivity index (χ0v) is 10.9. The smallest absolute Gasteiger partial charge is 0.0275 e. The van der Waals surface area contributed by atoms with Gasteiger partial charge in [-0.1, -0.05) is 34.1 Å². The molecule has 0 N–H and O–H groups in total. The normalized spacial score (nSPS) is 56.8. The molecule has 86 valence electrons. The van der Waals surface area contributed by atoms with Gasteiger partial charge in [0.15, 0.2) is 0 Å². The van der Waals surface area contributed by atoms with E-state index in [0.717, 1.165) is 17.3 Å². The second-order valence-corrected chi connectivity index (χ2v) is 7.94. The molecule has 0 aliphatic heterocycles. The molecule has 4 unspecified atom stereocenters.